The number of esters is 4. The van der Waals surface area contributed by atoms with E-state index < -0.39 is 145 Å². The molecule has 24 heteroatoms. The summed E-state index contributed by atoms with van der Waals surface area (Å²) in [5.74, 6) is -7.73. The van der Waals surface area contributed by atoms with E-state index in [-0.39, 0.29) is 44.1 Å². The Labute approximate surface area is 370 Å². The van der Waals surface area contributed by atoms with Crippen molar-refractivity contribution in [3.8, 4) is 0 Å². The standard InChI is InChI=1S/C41H54N4O20/c1-19(48)42-31-26(11-8-12-59-20(2)49)64-41(18-47,16-28(31)60-21(3)50)65-34-33(53)29(17-46)62-39(35(34)63-38(56)22-9-6-5-7-10-22)61-27-14-23(37(55)58-4)13-24(32(27)52)43-36(54)25-15-30(51)45-40(57)44-25/h5-7,9-10,15,18-19,23-24,26-29,31-35,39,42,46,48,52-53H,8,11-14,16-17H2,1-4H3,(H,43,54)(H2,44,45,51,57). The molecule has 2 aliphatic heterocycles. The summed E-state index contributed by atoms with van der Waals surface area (Å²) in [6, 6.07) is 5.94. The largest absolute Gasteiger partial charge is 0.469 e. The number of hydrogen-bond acceptors (Lipinski definition) is 21. The van der Waals surface area contributed by atoms with Crippen LogP contribution in [0.25, 0.3) is 0 Å². The maximum Gasteiger partial charge on any atom is 0.338 e. The first-order valence-corrected chi connectivity index (χ1v) is 20.7. The second-order valence-corrected chi connectivity index (χ2v) is 15.8. The van der Waals surface area contributed by atoms with E-state index in [0.29, 0.717) is 0 Å². The van der Waals surface area contributed by atoms with E-state index in [0.717, 1.165) is 20.1 Å². The number of carbonyl (C=O) groups is 6. The number of methoxy groups -OCH3 is 1. The van der Waals surface area contributed by atoms with Crippen molar-refractivity contribution < 1.29 is 87.1 Å². The van der Waals surface area contributed by atoms with E-state index in [2.05, 4.69) is 15.6 Å². The molecule has 0 radical (unpaired) electrons. The summed E-state index contributed by atoms with van der Waals surface area (Å²) in [5, 5.41) is 49.7. The number of carbonyl (C=O) groups excluding carboxylic acids is 6. The molecule has 0 spiro atoms. The van der Waals surface area contributed by atoms with Gasteiger partial charge in [0.15, 0.2) is 18.7 Å². The number of hydrogen-bond donors (Lipinski definition) is 8. The topological polar surface area (TPSA) is 347 Å². The van der Waals surface area contributed by atoms with Gasteiger partial charge in [0.25, 0.3) is 11.5 Å². The van der Waals surface area contributed by atoms with Gasteiger partial charge in [0.1, 0.15) is 42.4 Å². The fourth-order valence-corrected chi connectivity index (χ4v) is 8.04. The molecule has 0 bridgehead atoms. The lowest BCUT2D eigenvalue weighted by Crippen LogP contribution is -2.68. The number of H-pyrrole nitrogens is 2. The van der Waals surface area contributed by atoms with Gasteiger partial charge in [0.2, 0.25) is 5.79 Å². The monoisotopic (exact) mass is 922 g/mol. The van der Waals surface area contributed by atoms with Crippen molar-refractivity contribution >= 4 is 36.1 Å². The molecule has 14 atom stereocenters. The van der Waals surface area contributed by atoms with Crippen molar-refractivity contribution in [1.82, 2.24) is 20.6 Å². The molecule has 3 heterocycles. The Morgan fingerprint density at radius 1 is 0.969 bits per heavy atom. The second kappa shape index (κ2) is 22.6. The fraction of sp³-hybridized carbons (Fsp3) is 0.610. The summed E-state index contributed by atoms with van der Waals surface area (Å²) in [6.45, 7) is 2.68. The van der Waals surface area contributed by atoms with E-state index in [9.17, 15) is 58.8 Å². The summed E-state index contributed by atoms with van der Waals surface area (Å²) < 4.78 is 46.4. The molecule has 358 valence electrons. The third kappa shape index (κ3) is 13.1. The van der Waals surface area contributed by atoms with Crippen LogP contribution in [0.4, 0.5) is 0 Å². The molecular formula is C41H54N4O20. The minimum Gasteiger partial charge on any atom is -0.469 e. The predicted octanol–water partition coefficient (Wildman–Crippen LogP) is -2.56. The number of nitrogens with one attached hydrogen (secondary N) is 4. The third-order valence-corrected chi connectivity index (χ3v) is 10.9. The Morgan fingerprint density at radius 3 is 2.31 bits per heavy atom. The quantitative estimate of drug-likeness (QED) is 0.0251. The molecule has 1 aromatic heterocycles. The maximum atomic E-state index is 13.8. The van der Waals surface area contributed by atoms with Crippen LogP contribution in [0.1, 0.15) is 73.7 Å². The molecule has 65 heavy (non-hydrogen) atoms. The van der Waals surface area contributed by atoms with Gasteiger partial charge in [-0.15, -0.1) is 0 Å². The molecule has 3 fully saturated rings. The molecule has 14 unspecified atom stereocenters. The van der Waals surface area contributed by atoms with Gasteiger partial charge in [-0.25, -0.2) is 9.59 Å². The number of amides is 1. The van der Waals surface area contributed by atoms with Crippen LogP contribution in [0, 0.1) is 5.92 Å². The number of rotatable bonds is 18. The normalized spacial score (nSPS) is 31.7. The van der Waals surface area contributed by atoms with Gasteiger partial charge in [-0.1, -0.05) is 18.2 Å². The van der Waals surface area contributed by atoms with Gasteiger partial charge in [-0.05, 0) is 44.7 Å². The van der Waals surface area contributed by atoms with Crippen LogP contribution in [0.2, 0.25) is 0 Å². The number of ether oxygens (including phenoxy) is 8. The molecule has 1 saturated carbocycles. The zero-order valence-corrected chi connectivity index (χ0v) is 35.8. The number of aliphatic hydroxyl groups is 4. The Morgan fingerprint density at radius 2 is 1.69 bits per heavy atom. The summed E-state index contributed by atoms with van der Waals surface area (Å²) >= 11 is 0. The highest BCUT2D eigenvalue weighted by Gasteiger charge is 2.57. The highest BCUT2D eigenvalue weighted by molar-refractivity contribution is 5.92. The second-order valence-electron chi connectivity index (χ2n) is 15.8. The van der Waals surface area contributed by atoms with E-state index in [1.807, 2.05) is 4.98 Å². The lowest BCUT2D eigenvalue weighted by molar-refractivity contribution is -0.364. The SMILES string of the molecule is COC(=O)C1CC(NC(=O)c2cc(=O)[nH]c(=O)[nH]2)C(O)C(OC2OC(CO)C(O)C(OC3(C=O)CC(OC(C)=O)C(NC(C)O)C(CCCOC(C)=O)O3)C2OC(=O)c2ccccc2)C1. The van der Waals surface area contributed by atoms with Crippen molar-refractivity contribution in [2.24, 2.45) is 5.92 Å². The fourth-order valence-electron chi connectivity index (χ4n) is 8.04. The van der Waals surface area contributed by atoms with Crippen LogP contribution >= 0.6 is 0 Å². The van der Waals surface area contributed by atoms with Crippen molar-refractivity contribution in [3.05, 3.63) is 68.5 Å². The van der Waals surface area contributed by atoms with Crippen molar-refractivity contribution in [3.63, 3.8) is 0 Å². The number of aliphatic hydroxyl groups excluding tert-OH is 4. The Balaban J connectivity index is 1.54. The summed E-state index contributed by atoms with van der Waals surface area (Å²) in [4.78, 5) is 105. The maximum absolute atomic E-state index is 13.8. The Hall–Kier alpha value is -5.44. The molecule has 1 aliphatic carbocycles. The van der Waals surface area contributed by atoms with Gasteiger partial charge < -0.3 is 68.6 Å². The molecule has 2 aromatic rings. The molecule has 1 amide bonds. The smallest absolute Gasteiger partial charge is 0.338 e. The number of aromatic nitrogens is 2. The van der Waals surface area contributed by atoms with E-state index in [1.165, 1.54) is 38.1 Å². The van der Waals surface area contributed by atoms with Gasteiger partial charge in [-0.2, -0.15) is 0 Å². The zero-order chi connectivity index (χ0) is 47.6. The number of benzene rings is 1. The molecule has 3 aliphatic rings. The van der Waals surface area contributed by atoms with Crippen molar-refractivity contribution in [2.75, 3.05) is 20.3 Å². The van der Waals surface area contributed by atoms with Gasteiger partial charge in [-0.3, -0.25) is 39.1 Å². The highest BCUT2D eigenvalue weighted by Crippen LogP contribution is 2.39. The number of aldehydes is 1. The lowest BCUT2D eigenvalue weighted by Gasteiger charge is -2.50. The van der Waals surface area contributed by atoms with E-state index in [4.69, 9.17) is 37.9 Å². The molecular weight excluding hydrogens is 868 g/mol. The zero-order valence-electron chi connectivity index (χ0n) is 35.8. The van der Waals surface area contributed by atoms with E-state index in [1.54, 1.807) is 6.07 Å². The molecule has 8 N–H and O–H groups in total. The third-order valence-electron chi connectivity index (χ3n) is 10.9. The Bertz CT molecular complexity index is 2070. The van der Waals surface area contributed by atoms with E-state index >= 15 is 0 Å². The average Bonchev–Trinajstić information content (AvgIpc) is 3.25. The van der Waals surface area contributed by atoms with Crippen LogP contribution in [-0.2, 0) is 57.1 Å². The Kier molecular flexibility index (Phi) is 17.6. The van der Waals surface area contributed by atoms with Crippen LogP contribution in [0.5, 0.6) is 0 Å². The van der Waals surface area contributed by atoms with Crippen LogP contribution in [0.15, 0.2) is 46.0 Å². The van der Waals surface area contributed by atoms with Crippen molar-refractivity contribution in [1.29, 1.82) is 0 Å². The van der Waals surface area contributed by atoms with Crippen molar-refractivity contribution in [2.45, 2.75) is 132 Å². The minimum absolute atomic E-state index is 0.0115. The van der Waals surface area contributed by atoms with Crippen LogP contribution in [-0.4, -0.2) is 166 Å². The molecule has 1 aromatic carbocycles. The summed E-state index contributed by atoms with van der Waals surface area (Å²) in [6.07, 6.45) is -16.9. The highest BCUT2D eigenvalue weighted by atomic mass is 16.8. The first kappa shape index (κ1) is 50.6. The summed E-state index contributed by atoms with van der Waals surface area (Å²) in [7, 11) is 1.10. The van der Waals surface area contributed by atoms with Gasteiger partial charge in [0.05, 0.1) is 56.1 Å². The minimum atomic E-state index is -2.45. The molecule has 5 rings (SSSR count). The van der Waals surface area contributed by atoms with Crippen LogP contribution < -0.4 is 21.9 Å². The molecule has 24 nitrogen and oxygen atoms in total. The average molecular weight is 923 g/mol. The number of aromatic amines is 2. The lowest BCUT2D eigenvalue weighted by atomic mass is 9.81. The van der Waals surface area contributed by atoms with Gasteiger partial charge in [0, 0.05) is 26.3 Å². The van der Waals surface area contributed by atoms with Crippen LogP contribution in [0.3, 0.4) is 0 Å². The predicted molar refractivity (Wildman–Crippen MR) is 215 cm³/mol. The summed E-state index contributed by atoms with van der Waals surface area (Å²) in [5.41, 5.74) is -2.38. The first-order valence-electron chi connectivity index (χ1n) is 20.7. The molecule has 2 saturated heterocycles. The first-order chi connectivity index (χ1) is 30.9. The van der Waals surface area contributed by atoms with Gasteiger partial charge >= 0.3 is 29.6 Å².